The van der Waals surface area contributed by atoms with Gasteiger partial charge in [-0.15, -0.1) is 0 Å². The number of benzene rings is 1. The number of rotatable bonds is 2. The minimum Gasteiger partial charge on any atom is -0.485 e. The van der Waals surface area contributed by atoms with Gasteiger partial charge in [0.1, 0.15) is 23.7 Å². The van der Waals surface area contributed by atoms with E-state index in [2.05, 4.69) is 5.32 Å². The Kier molecular flexibility index (Phi) is 3.40. The Morgan fingerprint density at radius 2 is 2.41 bits per heavy atom. The number of nitrogens with zero attached hydrogens (tertiary/aromatic N) is 1. The molecule has 1 saturated heterocycles. The molecular weight excluding hydrogens is 219 g/mol. The number of hydrogen-bond donors (Lipinski definition) is 1. The van der Waals surface area contributed by atoms with E-state index in [1.54, 1.807) is 12.1 Å². The first-order valence-corrected chi connectivity index (χ1v) is 5.46. The predicted molar refractivity (Wildman–Crippen MR) is 62.2 cm³/mol. The van der Waals surface area contributed by atoms with Crippen molar-refractivity contribution in [3.8, 4) is 11.8 Å². The van der Waals surface area contributed by atoms with Crippen LogP contribution in [0.2, 0.25) is 0 Å². The summed E-state index contributed by atoms with van der Waals surface area (Å²) in [5.41, 5.74) is 1.20. The zero-order valence-electron chi connectivity index (χ0n) is 9.53. The van der Waals surface area contributed by atoms with Crippen LogP contribution in [0, 0.1) is 17.1 Å². The summed E-state index contributed by atoms with van der Waals surface area (Å²) in [6.07, 6.45) is 1.96. The third-order valence-electron chi connectivity index (χ3n) is 2.78. The van der Waals surface area contributed by atoms with Gasteiger partial charge < -0.3 is 10.1 Å². The van der Waals surface area contributed by atoms with Crippen molar-refractivity contribution >= 4 is 0 Å². The van der Waals surface area contributed by atoms with Gasteiger partial charge in [0.2, 0.25) is 0 Å². The largest absolute Gasteiger partial charge is 0.485 e. The first-order valence-electron chi connectivity index (χ1n) is 5.46. The molecule has 4 heteroatoms. The van der Waals surface area contributed by atoms with Crippen molar-refractivity contribution in [1.82, 2.24) is 5.32 Å². The van der Waals surface area contributed by atoms with E-state index in [9.17, 15) is 4.39 Å². The molecule has 1 atom stereocenters. The number of allylic oxidation sites excluding steroid dienone is 1. The van der Waals surface area contributed by atoms with Gasteiger partial charge in [-0.25, -0.2) is 4.39 Å². The number of nitriles is 1. The number of nitrogens with one attached hydrogen (secondary N) is 1. The van der Waals surface area contributed by atoms with E-state index >= 15 is 0 Å². The SMILES string of the molecule is C/C=C1\CNC[C@@H]1Oc1ccc(C#N)c(F)c1. The number of hydrogen-bond acceptors (Lipinski definition) is 3. The smallest absolute Gasteiger partial charge is 0.144 e. The van der Waals surface area contributed by atoms with Crippen LogP contribution < -0.4 is 10.1 Å². The minimum absolute atomic E-state index is 0.0353. The normalized spacial score (nSPS) is 21.5. The second kappa shape index (κ2) is 4.98. The quantitative estimate of drug-likeness (QED) is 0.793. The highest BCUT2D eigenvalue weighted by Gasteiger charge is 2.21. The van der Waals surface area contributed by atoms with E-state index in [1.807, 2.05) is 13.0 Å². The molecular formula is C13H13FN2O. The average Bonchev–Trinajstić information content (AvgIpc) is 2.76. The highest BCUT2D eigenvalue weighted by molar-refractivity contribution is 5.36. The first kappa shape index (κ1) is 11.6. The van der Waals surface area contributed by atoms with E-state index in [1.165, 1.54) is 12.1 Å². The Bertz CT molecular complexity index is 491. The van der Waals surface area contributed by atoms with E-state index in [-0.39, 0.29) is 11.7 Å². The zero-order valence-corrected chi connectivity index (χ0v) is 9.53. The summed E-state index contributed by atoms with van der Waals surface area (Å²) >= 11 is 0. The standard InChI is InChI=1S/C13H13FN2O/c1-2-9-7-16-8-13(9)17-11-4-3-10(6-15)12(14)5-11/h2-5,13,16H,7-8H2,1H3/b9-2+/t13-/m0/s1. The molecule has 1 aromatic rings. The van der Waals surface area contributed by atoms with Gasteiger partial charge in [-0.1, -0.05) is 6.08 Å². The number of halogens is 1. The van der Waals surface area contributed by atoms with Crippen molar-refractivity contribution < 1.29 is 9.13 Å². The lowest BCUT2D eigenvalue weighted by Crippen LogP contribution is -2.20. The molecule has 0 saturated carbocycles. The monoisotopic (exact) mass is 232 g/mol. The highest BCUT2D eigenvalue weighted by Crippen LogP contribution is 2.20. The molecule has 2 rings (SSSR count). The van der Waals surface area contributed by atoms with Crippen LogP contribution in [0.15, 0.2) is 29.8 Å². The first-order chi connectivity index (χ1) is 8.24. The van der Waals surface area contributed by atoms with Crippen LogP contribution in [0.3, 0.4) is 0 Å². The summed E-state index contributed by atoms with van der Waals surface area (Å²) in [6.45, 7) is 3.49. The number of ether oxygens (including phenoxy) is 1. The molecule has 0 spiro atoms. The molecule has 0 radical (unpaired) electrons. The van der Waals surface area contributed by atoms with Crippen LogP contribution in [0.25, 0.3) is 0 Å². The highest BCUT2D eigenvalue weighted by atomic mass is 19.1. The Labute approximate surface area is 99.5 Å². The fourth-order valence-corrected chi connectivity index (χ4v) is 1.82. The van der Waals surface area contributed by atoms with E-state index in [4.69, 9.17) is 10.00 Å². The molecule has 88 valence electrons. The molecule has 0 unspecified atom stereocenters. The fraction of sp³-hybridized carbons (Fsp3) is 0.308. The molecule has 0 bridgehead atoms. The van der Waals surface area contributed by atoms with Crippen molar-refractivity contribution in [3.05, 3.63) is 41.2 Å². The van der Waals surface area contributed by atoms with Gasteiger partial charge in [0.25, 0.3) is 0 Å². The lowest BCUT2D eigenvalue weighted by molar-refractivity contribution is 0.254. The molecule has 1 heterocycles. The molecule has 3 nitrogen and oxygen atoms in total. The molecule has 17 heavy (non-hydrogen) atoms. The Hall–Kier alpha value is -1.86. The molecule has 1 aliphatic rings. The van der Waals surface area contributed by atoms with Gasteiger partial charge in [0.15, 0.2) is 0 Å². The minimum atomic E-state index is -0.544. The van der Waals surface area contributed by atoms with Gasteiger partial charge in [-0.2, -0.15) is 5.26 Å². The summed E-state index contributed by atoms with van der Waals surface area (Å²) in [5, 5.41) is 11.8. The van der Waals surface area contributed by atoms with Gasteiger partial charge in [-0.05, 0) is 24.6 Å². The zero-order chi connectivity index (χ0) is 12.3. The Morgan fingerprint density at radius 1 is 1.59 bits per heavy atom. The topological polar surface area (TPSA) is 45.0 Å². The van der Waals surface area contributed by atoms with Crippen molar-refractivity contribution in [2.45, 2.75) is 13.0 Å². The summed E-state index contributed by atoms with van der Waals surface area (Å²) in [6, 6.07) is 6.09. The molecule has 1 aliphatic heterocycles. The Morgan fingerprint density at radius 3 is 3.06 bits per heavy atom. The van der Waals surface area contributed by atoms with Crippen LogP contribution in [-0.2, 0) is 0 Å². The molecule has 0 aliphatic carbocycles. The molecule has 0 amide bonds. The molecule has 1 N–H and O–H groups in total. The van der Waals surface area contributed by atoms with E-state index in [0.29, 0.717) is 5.75 Å². The third-order valence-corrected chi connectivity index (χ3v) is 2.78. The Balaban J connectivity index is 2.14. The predicted octanol–water partition coefficient (Wildman–Crippen LogP) is 1.99. The lowest BCUT2D eigenvalue weighted by Gasteiger charge is -2.14. The summed E-state index contributed by atoms with van der Waals surface area (Å²) < 4.78 is 19.0. The van der Waals surface area contributed by atoms with E-state index in [0.717, 1.165) is 18.7 Å². The van der Waals surface area contributed by atoms with Crippen LogP contribution in [0.5, 0.6) is 5.75 Å². The van der Waals surface area contributed by atoms with Crippen LogP contribution in [-0.4, -0.2) is 19.2 Å². The van der Waals surface area contributed by atoms with Crippen molar-refractivity contribution in [3.63, 3.8) is 0 Å². The summed E-state index contributed by atoms with van der Waals surface area (Å²) in [5.74, 6) is -0.0902. The molecule has 1 aromatic carbocycles. The fourth-order valence-electron chi connectivity index (χ4n) is 1.82. The maximum atomic E-state index is 13.4. The van der Waals surface area contributed by atoms with E-state index < -0.39 is 5.82 Å². The second-order valence-electron chi connectivity index (χ2n) is 3.85. The lowest BCUT2D eigenvalue weighted by atomic mass is 10.2. The maximum Gasteiger partial charge on any atom is 0.144 e. The van der Waals surface area contributed by atoms with Gasteiger partial charge in [0.05, 0.1) is 5.56 Å². The van der Waals surface area contributed by atoms with Crippen molar-refractivity contribution in [2.24, 2.45) is 0 Å². The van der Waals surface area contributed by atoms with Crippen LogP contribution in [0.4, 0.5) is 4.39 Å². The summed E-state index contributed by atoms with van der Waals surface area (Å²) in [7, 11) is 0. The van der Waals surface area contributed by atoms with Gasteiger partial charge in [0, 0.05) is 19.2 Å². The molecule has 0 aromatic heterocycles. The van der Waals surface area contributed by atoms with Crippen molar-refractivity contribution in [1.29, 1.82) is 5.26 Å². The third kappa shape index (κ3) is 2.45. The second-order valence-corrected chi connectivity index (χ2v) is 3.85. The van der Waals surface area contributed by atoms with Gasteiger partial charge in [-0.3, -0.25) is 0 Å². The average molecular weight is 232 g/mol. The van der Waals surface area contributed by atoms with Crippen LogP contribution >= 0.6 is 0 Å². The van der Waals surface area contributed by atoms with Crippen LogP contribution in [0.1, 0.15) is 12.5 Å². The maximum absolute atomic E-state index is 13.4. The van der Waals surface area contributed by atoms with Gasteiger partial charge >= 0.3 is 0 Å². The molecule has 1 fully saturated rings. The van der Waals surface area contributed by atoms with Crippen molar-refractivity contribution in [2.75, 3.05) is 13.1 Å². The summed E-state index contributed by atoms with van der Waals surface area (Å²) in [4.78, 5) is 0.